The highest BCUT2D eigenvalue weighted by Gasteiger charge is 2.47. The SMILES string of the molecule is Cc1ccc([P+](c2ccccc2)(c2ccccc2)c2ccc(C)cc2)cc1.[Cl-]. The minimum atomic E-state index is -1.95. The average molecular weight is 403 g/mol. The largest absolute Gasteiger partial charge is 1.00 e. The molecule has 0 saturated carbocycles. The van der Waals surface area contributed by atoms with Crippen LogP contribution in [0.4, 0.5) is 0 Å². The zero-order valence-corrected chi connectivity index (χ0v) is 17.9. The van der Waals surface area contributed by atoms with E-state index in [2.05, 4.69) is 123 Å². The van der Waals surface area contributed by atoms with E-state index in [0.29, 0.717) is 0 Å². The van der Waals surface area contributed by atoms with Crippen LogP contribution < -0.4 is 33.6 Å². The zero-order chi connectivity index (χ0) is 18.7. The highest BCUT2D eigenvalue weighted by Crippen LogP contribution is 2.54. The smallest absolute Gasteiger partial charge is 0.144 e. The first-order chi connectivity index (χ1) is 13.2. The summed E-state index contributed by atoms with van der Waals surface area (Å²) < 4.78 is 0. The van der Waals surface area contributed by atoms with E-state index in [-0.39, 0.29) is 12.4 Å². The van der Waals surface area contributed by atoms with Crippen LogP contribution >= 0.6 is 7.26 Å². The van der Waals surface area contributed by atoms with Crippen LogP contribution in [0, 0.1) is 13.8 Å². The molecule has 0 amide bonds. The van der Waals surface area contributed by atoms with Crippen molar-refractivity contribution < 1.29 is 12.4 Å². The lowest BCUT2D eigenvalue weighted by Crippen LogP contribution is -3.00. The van der Waals surface area contributed by atoms with Crippen molar-refractivity contribution in [3.8, 4) is 0 Å². The first kappa shape index (κ1) is 20.3. The van der Waals surface area contributed by atoms with Gasteiger partial charge < -0.3 is 12.4 Å². The summed E-state index contributed by atoms with van der Waals surface area (Å²) in [5.41, 5.74) is 2.59. The predicted octanol–water partition coefficient (Wildman–Crippen LogP) is 1.93. The van der Waals surface area contributed by atoms with Gasteiger partial charge in [0.1, 0.15) is 28.5 Å². The number of aryl methyl sites for hydroxylation is 2. The van der Waals surface area contributed by atoms with E-state index in [9.17, 15) is 0 Å². The Labute approximate surface area is 175 Å². The van der Waals surface area contributed by atoms with E-state index < -0.39 is 7.26 Å². The summed E-state index contributed by atoms with van der Waals surface area (Å²) in [6.45, 7) is 4.31. The van der Waals surface area contributed by atoms with Gasteiger partial charge in [0.25, 0.3) is 0 Å². The van der Waals surface area contributed by atoms with Crippen LogP contribution in [0.2, 0.25) is 0 Å². The Balaban J connectivity index is 0.00000225. The second kappa shape index (κ2) is 8.74. The van der Waals surface area contributed by atoms with E-state index in [0.717, 1.165) is 0 Å². The lowest BCUT2D eigenvalue weighted by Gasteiger charge is -2.27. The summed E-state index contributed by atoms with van der Waals surface area (Å²) in [7, 11) is -1.95. The maximum Gasteiger partial charge on any atom is 0.144 e. The molecule has 0 spiro atoms. The molecule has 28 heavy (non-hydrogen) atoms. The van der Waals surface area contributed by atoms with Gasteiger partial charge in [-0.05, 0) is 62.4 Å². The topological polar surface area (TPSA) is 0 Å². The molecule has 0 saturated heterocycles. The molecule has 140 valence electrons. The van der Waals surface area contributed by atoms with Crippen LogP contribution in [0.3, 0.4) is 0 Å². The van der Waals surface area contributed by atoms with Crippen molar-refractivity contribution in [3.63, 3.8) is 0 Å². The Morgan fingerprint density at radius 1 is 0.393 bits per heavy atom. The van der Waals surface area contributed by atoms with Crippen molar-refractivity contribution in [2.75, 3.05) is 0 Å². The summed E-state index contributed by atoms with van der Waals surface area (Å²) in [5.74, 6) is 0. The summed E-state index contributed by atoms with van der Waals surface area (Å²) in [5, 5.41) is 5.58. The Hall–Kier alpha value is -2.40. The lowest BCUT2D eigenvalue weighted by molar-refractivity contribution is -0.00000532. The summed E-state index contributed by atoms with van der Waals surface area (Å²) in [6, 6.07) is 40.3. The van der Waals surface area contributed by atoms with Gasteiger partial charge >= 0.3 is 0 Å². The normalized spacial score (nSPS) is 10.9. The number of benzene rings is 4. The molecule has 0 heterocycles. The van der Waals surface area contributed by atoms with Crippen LogP contribution in [0.5, 0.6) is 0 Å². The molecule has 0 aliphatic rings. The van der Waals surface area contributed by atoms with E-state index in [1.54, 1.807) is 0 Å². The maximum atomic E-state index is 2.32. The molecule has 0 bridgehead atoms. The van der Waals surface area contributed by atoms with E-state index >= 15 is 0 Å². The molecule has 4 aromatic carbocycles. The van der Waals surface area contributed by atoms with E-state index in [4.69, 9.17) is 0 Å². The standard InChI is InChI=1S/C26H24P.ClH/c1-21-13-17-25(18-14-21)27(23-9-5-3-6-10-23,24-11-7-4-8-12-24)26-19-15-22(2)16-20-26;/h3-20H,1-2H3;1H/q+1;/p-1. The molecule has 0 nitrogen and oxygen atoms in total. The molecule has 0 N–H and O–H groups in total. The minimum Gasteiger partial charge on any atom is -1.00 e. The Morgan fingerprint density at radius 3 is 1.00 bits per heavy atom. The lowest BCUT2D eigenvalue weighted by atomic mass is 10.2. The molecule has 4 aromatic rings. The summed E-state index contributed by atoms with van der Waals surface area (Å²) in [4.78, 5) is 0. The molecular formula is C26H24ClP. The highest BCUT2D eigenvalue weighted by molar-refractivity contribution is 8.01. The third-order valence-corrected chi connectivity index (χ3v) is 9.42. The fraction of sp³-hybridized carbons (Fsp3) is 0.0769. The van der Waals surface area contributed by atoms with Crippen LogP contribution in [0.15, 0.2) is 109 Å². The second-order valence-electron chi connectivity index (χ2n) is 7.01. The molecule has 0 atom stereocenters. The van der Waals surface area contributed by atoms with Gasteiger partial charge in [0.15, 0.2) is 0 Å². The van der Waals surface area contributed by atoms with Crippen molar-refractivity contribution in [1.29, 1.82) is 0 Å². The van der Waals surface area contributed by atoms with Crippen molar-refractivity contribution >= 4 is 28.5 Å². The number of hydrogen-bond donors (Lipinski definition) is 0. The molecule has 0 aliphatic heterocycles. The van der Waals surface area contributed by atoms with Gasteiger partial charge in [-0.3, -0.25) is 0 Å². The Bertz CT molecular complexity index is 920. The fourth-order valence-electron chi connectivity index (χ4n) is 3.73. The Morgan fingerprint density at radius 2 is 0.679 bits per heavy atom. The van der Waals surface area contributed by atoms with E-state index in [1.807, 2.05) is 0 Å². The van der Waals surface area contributed by atoms with Crippen molar-refractivity contribution in [3.05, 3.63) is 120 Å². The molecule has 0 fully saturated rings. The van der Waals surface area contributed by atoms with Gasteiger partial charge in [-0.1, -0.05) is 71.8 Å². The molecule has 0 aromatic heterocycles. The van der Waals surface area contributed by atoms with Crippen molar-refractivity contribution in [2.24, 2.45) is 0 Å². The summed E-state index contributed by atoms with van der Waals surface area (Å²) >= 11 is 0. The molecule has 2 heteroatoms. The quantitative estimate of drug-likeness (QED) is 0.458. The van der Waals surface area contributed by atoms with Gasteiger partial charge in [-0.15, -0.1) is 0 Å². The molecule has 4 rings (SSSR count). The molecule has 0 aliphatic carbocycles. The van der Waals surface area contributed by atoms with Gasteiger partial charge in [0.2, 0.25) is 0 Å². The molecule has 0 radical (unpaired) electrons. The fourth-order valence-corrected chi connectivity index (χ4v) is 7.95. The van der Waals surface area contributed by atoms with Crippen molar-refractivity contribution in [1.82, 2.24) is 0 Å². The van der Waals surface area contributed by atoms with Gasteiger partial charge in [0.05, 0.1) is 0 Å². The monoisotopic (exact) mass is 402 g/mol. The van der Waals surface area contributed by atoms with Gasteiger partial charge in [-0.25, -0.2) is 0 Å². The van der Waals surface area contributed by atoms with Crippen molar-refractivity contribution in [2.45, 2.75) is 13.8 Å². The van der Waals surface area contributed by atoms with Gasteiger partial charge in [-0.2, -0.15) is 0 Å². The third kappa shape index (κ3) is 3.63. The molecule has 0 unspecified atom stereocenters. The molecular weight excluding hydrogens is 379 g/mol. The van der Waals surface area contributed by atoms with Crippen LogP contribution in [0.1, 0.15) is 11.1 Å². The summed E-state index contributed by atoms with van der Waals surface area (Å²) in [6.07, 6.45) is 0. The maximum absolute atomic E-state index is 2.32. The minimum absolute atomic E-state index is 0. The van der Waals surface area contributed by atoms with Crippen LogP contribution in [-0.4, -0.2) is 0 Å². The number of halogens is 1. The first-order valence-corrected chi connectivity index (χ1v) is 11.1. The number of rotatable bonds is 4. The van der Waals surface area contributed by atoms with Crippen LogP contribution in [0.25, 0.3) is 0 Å². The zero-order valence-electron chi connectivity index (χ0n) is 16.2. The number of hydrogen-bond acceptors (Lipinski definition) is 0. The predicted molar refractivity (Wildman–Crippen MR) is 121 cm³/mol. The first-order valence-electron chi connectivity index (χ1n) is 9.36. The average Bonchev–Trinajstić information content (AvgIpc) is 2.73. The van der Waals surface area contributed by atoms with Gasteiger partial charge in [0, 0.05) is 0 Å². The highest BCUT2D eigenvalue weighted by atomic mass is 35.5. The second-order valence-corrected chi connectivity index (χ2v) is 10.4. The Kier molecular flexibility index (Phi) is 6.35. The third-order valence-electron chi connectivity index (χ3n) is 5.13. The van der Waals surface area contributed by atoms with E-state index in [1.165, 1.54) is 32.3 Å². The van der Waals surface area contributed by atoms with Crippen LogP contribution in [-0.2, 0) is 0 Å².